The van der Waals surface area contributed by atoms with Crippen LogP contribution < -0.4 is 10.6 Å². The van der Waals surface area contributed by atoms with Crippen molar-refractivity contribution in [3.8, 4) is 0 Å². The number of carbonyl (C=O) groups excluding carboxylic acids is 1. The van der Waals surface area contributed by atoms with Crippen molar-refractivity contribution in [1.29, 1.82) is 0 Å². The topological polar surface area (TPSA) is 44.4 Å². The van der Waals surface area contributed by atoms with Crippen LogP contribution in [0.25, 0.3) is 0 Å². The van der Waals surface area contributed by atoms with Crippen LogP contribution in [0, 0.1) is 5.92 Å². The molecule has 0 aromatic rings. The molecule has 0 radical (unpaired) electrons. The highest BCUT2D eigenvalue weighted by Gasteiger charge is 2.26. The largest absolute Gasteiger partial charge is 0.352 e. The molecule has 0 aromatic heterocycles. The van der Waals surface area contributed by atoms with Gasteiger partial charge in [-0.05, 0) is 64.1 Å². The van der Waals surface area contributed by atoms with Crippen LogP contribution in [0.2, 0.25) is 0 Å². The van der Waals surface area contributed by atoms with Gasteiger partial charge in [-0.1, -0.05) is 0 Å². The van der Waals surface area contributed by atoms with E-state index in [0.29, 0.717) is 12.6 Å². The Kier molecular flexibility index (Phi) is 3.85. The summed E-state index contributed by atoms with van der Waals surface area (Å²) in [5.74, 6) is 1.06. The van der Waals surface area contributed by atoms with E-state index in [0.717, 1.165) is 25.0 Å². The van der Waals surface area contributed by atoms with Gasteiger partial charge >= 0.3 is 0 Å². The lowest BCUT2D eigenvalue weighted by atomic mass is 9.97. The van der Waals surface area contributed by atoms with Crippen LogP contribution in [0.4, 0.5) is 0 Å². The van der Waals surface area contributed by atoms with Crippen LogP contribution in [0.1, 0.15) is 38.5 Å². The Balaban J connectivity index is 1.30. The number of hydrogen-bond acceptors (Lipinski definition) is 3. The Bertz CT molecular complexity index is 291. The van der Waals surface area contributed by atoms with Crippen molar-refractivity contribution in [2.75, 3.05) is 26.2 Å². The molecule has 1 saturated heterocycles. The van der Waals surface area contributed by atoms with Crippen LogP contribution in [-0.2, 0) is 4.79 Å². The van der Waals surface area contributed by atoms with Crippen molar-refractivity contribution in [2.45, 2.75) is 50.6 Å². The van der Waals surface area contributed by atoms with E-state index < -0.39 is 0 Å². The van der Waals surface area contributed by atoms with Crippen molar-refractivity contribution >= 4 is 5.91 Å². The molecule has 1 amide bonds. The number of carbonyl (C=O) groups is 1. The maximum atomic E-state index is 11.7. The normalized spacial score (nSPS) is 26.2. The second kappa shape index (κ2) is 5.57. The molecule has 0 atom stereocenters. The first-order chi connectivity index (χ1) is 8.79. The van der Waals surface area contributed by atoms with Gasteiger partial charge in [-0.3, -0.25) is 9.69 Å². The van der Waals surface area contributed by atoms with Crippen molar-refractivity contribution in [2.24, 2.45) is 5.92 Å². The van der Waals surface area contributed by atoms with E-state index in [1.165, 1.54) is 45.1 Å². The van der Waals surface area contributed by atoms with E-state index >= 15 is 0 Å². The highest BCUT2D eigenvalue weighted by Crippen LogP contribution is 2.22. The molecule has 1 heterocycles. The maximum Gasteiger partial charge on any atom is 0.234 e. The average molecular weight is 251 g/mol. The van der Waals surface area contributed by atoms with Crippen molar-refractivity contribution in [3.63, 3.8) is 0 Å². The Labute approximate surface area is 109 Å². The first-order valence-electron chi connectivity index (χ1n) is 7.55. The molecule has 3 fully saturated rings. The predicted molar refractivity (Wildman–Crippen MR) is 71.4 cm³/mol. The van der Waals surface area contributed by atoms with Gasteiger partial charge in [-0.15, -0.1) is 0 Å². The van der Waals surface area contributed by atoms with E-state index in [1.54, 1.807) is 0 Å². The highest BCUT2D eigenvalue weighted by atomic mass is 16.2. The number of nitrogens with zero attached hydrogens (tertiary/aromatic N) is 1. The zero-order valence-electron chi connectivity index (χ0n) is 11.2. The molecular weight excluding hydrogens is 226 g/mol. The van der Waals surface area contributed by atoms with Gasteiger partial charge < -0.3 is 10.6 Å². The van der Waals surface area contributed by atoms with Gasteiger partial charge in [-0.25, -0.2) is 0 Å². The van der Waals surface area contributed by atoms with Gasteiger partial charge in [0, 0.05) is 12.1 Å². The third kappa shape index (κ3) is 3.95. The first-order valence-corrected chi connectivity index (χ1v) is 7.55. The predicted octanol–water partition coefficient (Wildman–Crippen LogP) is 0.729. The minimum Gasteiger partial charge on any atom is -0.352 e. The standard InChI is InChI=1S/C14H25N3O/c18-14(16-13-3-4-13)10-17-7-5-11(6-8-17)9-15-12-1-2-12/h11-13,15H,1-10H2,(H,16,18). The number of rotatable bonds is 6. The number of amides is 1. The third-order valence-electron chi connectivity index (χ3n) is 4.29. The lowest BCUT2D eigenvalue weighted by Crippen LogP contribution is -2.43. The molecule has 3 rings (SSSR count). The van der Waals surface area contributed by atoms with E-state index in [2.05, 4.69) is 15.5 Å². The maximum absolute atomic E-state index is 11.7. The first kappa shape index (κ1) is 12.4. The minimum atomic E-state index is 0.229. The lowest BCUT2D eigenvalue weighted by molar-refractivity contribution is -0.122. The highest BCUT2D eigenvalue weighted by molar-refractivity contribution is 5.78. The molecule has 2 saturated carbocycles. The quantitative estimate of drug-likeness (QED) is 0.731. The Morgan fingerprint density at radius 3 is 2.28 bits per heavy atom. The lowest BCUT2D eigenvalue weighted by Gasteiger charge is -2.31. The summed E-state index contributed by atoms with van der Waals surface area (Å²) in [6.07, 6.45) is 7.61. The summed E-state index contributed by atoms with van der Waals surface area (Å²) < 4.78 is 0. The summed E-state index contributed by atoms with van der Waals surface area (Å²) in [7, 11) is 0. The fourth-order valence-corrected chi connectivity index (χ4v) is 2.67. The van der Waals surface area contributed by atoms with Crippen LogP contribution in [-0.4, -0.2) is 49.1 Å². The van der Waals surface area contributed by atoms with Crippen LogP contribution >= 0.6 is 0 Å². The fourth-order valence-electron chi connectivity index (χ4n) is 2.67. The average Bonchev–Trinajstić information content (AvgIpc) is 3.23. The molecule has 2 N–H and O–H groups in total. The summed E-state index contributed by atoms with van der Waals surface area (Å²) >= 11 is 0. The molecule has 0 unspecified atom stereocenters. The smallest absolute Gasteiger partial charge is 0.234 e. The van der Waals surface area contributed by atoms with Gasteiger partial charge in [0.2, 0.25) is 5.91 Å². The summed E-state index contributed by atoms with van der Waals surface area (Å²) in [5.41, 5.74) is 0. The van der Waals surface area contributed by atoms with E-state index in [9.17, 15) is 4.79 Å². The van der Waals surface area contributed by atoms with Crippen molar-refractivity contribution in [3.05, 3.63) is 0 Å². The number of nitrogens with one attached hydrogen (secondary N) is 2. The molecule has 0 aromatic carbocycles. The van der Waals surface area contributed by atoms with Gasteiger partial charge in [0.15, 0.2) is 0 Å². The zero-order valence-corrected chi connectivity index (χ0v) is 11.2. The summed E-state index contributed by atoms with van der Waals surface area (Å²) in [4.78, 5) is 14.0. The number of piperidine rings is 1. The second-order valence-corrected chi connectivity index (χ2v) is 6.24. The molecule has 2 aliphatic carbocycles. The van der Waals surface area contributed by atoms with Gasteiger partial charge in [0.1, 0.15) is 0 Å². The Hall–Kier alpha value is -0.610. The fraction of sp³-hybridized carbons (Fsp3) is 0.929. The number of hydrogen-bond donors (Lipinski definition) is 2. The third-order valence-corrected chi connectivity index (χ3v) is 4.29. The Morgan fingerprint density at radius 2 is 1.67 bits per heavy atom. The van der Waals surface area contributed by atoms with Gasteiger partial charge in [0.05, 0.1) is 6.54 Å². The molecule has 4 nitrogen and oxygen atoms in total. The minimum absolute atomic E-state index is 0.229. The van der Waals surface area contributed by atoms with Gasteiger partial charge in [0.25, 0.3) is 0 Å². The zero-order chi connectivity index (χ0) is 12.4. The summed E-state index contributed by atoms with van der Waals surface area (Å²) in [5, 5.41) is 6.69. The van der Waals surface area contributed by atoms with E-state index in [-0.39, 0.29) is 5.91 Å². The monoisotopic (exact) mass is 251 g/mol. The van der Waals surface area contributed by atoms with Crippen LogP contribution in [0.3, 0.4) is 0 Å². The van der Waals surface area contributed by atoms with Crippen LogP contribution in [0.5, 0.6) is 0 Å². The van der Waals surface area contributed by atoms with Gasteiger partial charge in [-0.2, -0.15) is 0 Å². The number of likely N-dealkylation sites (tertiary alicyclic amines) is 1. The molecule has 0 spiro atoms. The molecular formula is C14H25N3O. The van der Waals surface area contributed by atoms with Crippen LogP contribution in [0.15, 0.2) is 0 Å². The van der Waals surface area contributed by atoms with E-state index in [4.69, 9.17) is 0 Å². The molecule has 4 heteroatoms. The SMILES string of the molecule is O=C(CN1CCC(CNC2CC2)CC1)NC1CC1. The molecule has 102 valence electrons. The molecule has 3 aliphatic rings. The molecule has 18 heavy (non-hydrogen) atoms. The molecule has 1 aliphatic heterocycles. The molecule has 0 bridgehead atoms. The summed E-state index contributed by atoms with van der Waals surface area (Å²) in [6.45, 7) is 3.98. The second-order valence-electron chi connectivity index (χ2n) is 6.24. The van der Waals surface area contributed by atoms with Crippen molar-refractivity contribution in [1.82, 2.24) is 15.5 Å². The Morgan fingerprint density at radius 1 is 1.00 bits per heavy atom. The van der Waals surface area contributed by atoms with Crippen molar-refractivity contribution < 1.29 is 4.79 Å². The summed E-state index contributed by atoms with van der Waals surface area (Å²) in [6, 6.07) is 1.32. The van der Waals surface area contributed by atoms with E-state index in [1.807, 2.05) is 0 Å².